The highest BCUT2D eigenvalue weighted by atomic mass is 16.2. The van der Waals surface area contributed by atoms with Crippen molar-refractivity contribution in [1.29, 1.82) is 0 Å². The molecule has 0 unspecified atom stereocenters. The standard InChI is InChI=1S/C20H18N6O4/c1-11-5-4-6-13-16(11)22-10-26(19(13)29)9-15(27)23-12-7-14-17(21-8-12)24(2)20(30)25(3)18(14)28/h4-8,10H,9H2,1-3H3,(H,23,27). The Kier molecular flexibility index (Phi) is 4.53. The first-order chi connectivity index (χ1) is 14.3. The molecular weight excluding hydrogens is 388 g/mol. The van der Waals surface area contributed by atoms with Crippen LogP contribution in [0.15, 0.2) is 51.2 Å². The van der Waals surface area contributed by atoms with Gasteiger partial charge in [0.2, 0.25) is 5.91 Å². The molecule has 0 radical (unpaired) electrons. The van der Waals surface area contributed by atoms with Gasteiger partial charge in [-0.1, -0.05) is 12.1 Å². The van der Waals surface area contributed by atoms with E-state index in [0.29, 0.717) is 10.9 Å². The van der Waals surface area contributed by atoms with Crippen molar-refractivity contribution in [3.05, 3.63) is 73.5 Å². The summed E-state index contributed by atoms with van der Waals surface area (Å²) in [5, 5.41) is 3.25. The fraction of sp³-hybridized carbons (Fsp3) is 0.200. The number of hydrogen-bond donors (Lipinski definition) is 1. The lowest BCUT2D eigenvalue weighted by molar-refractivity contribution is -0.116. The molecule has 0 saturated heterocycles. The summed E-state index contributed by atoms with van der Waals surface area (Å²) in [7, 11) is 2.88. The third kappa shape index (κ3) is 3.08. The zero-order valence-electron chi connectivity index (χ0n) is 16.5. The number of aryl methyl sites for hydroxylation is 2. The number of aromatic nitrogens is 5. The molecule has 10 nitrogen and oxygen atoms in total. The van der Waals surface area contributed by atoms with Crippen LogP contribution in [0.4, 0.5) is 5.69 Å². The van der Waals surface area contributed by atoms with Crippen LogP contribution in [0, 0.1) is 6.92 Å². The van der Waals surface area contributed by atoms with Crippen molar-refractivity contribution in [2.24, 2.45) is 14.1 Å². The Bertz CT molecular complexity index is 1510. The van der Waals surface area contributed by atoms with Gasteiger partial charge in [0, 0.05) is 14.1 Å². The first-order valence-corrected chi connectivity index (χ1v) is 9.08. The average Bonchev–Trinajstić information content (AvgIpc) is 2.73. The van der Waals surface area contributed by atoms with Gasteiger partial charge in [-0.25, -0.2) is 14.8 Å². The molecule has 0 atom stereocenters. The maximum Gasteiger partial charge on any atom is 0.332 e. The molecule has 10 heteroatoms. The highest BCUT2D eigenvalue weighted by molar-refractivity contribution is 5.92. The maximum absolute atomic E-state index is 12.6. The van der Waals surface area contributed by atoms with E-state index in [1.807, 2.05) is 13.0 Å². The van der Waals surface area contributed by atoms with Gasteiger partial charge < -0.3 is 5.32 Å². The Balaban J connectivity index is 1.65. The first-order valence-electron chi connectivity index (χ1n) is 9.08. The lowest BCUT2D eigenvalue weighted by atomic mass is 10.1. The number of nitrogens with one attached hydrogen (secondary N) is 1. The molecule has 1 N–H and O–H groups in total. The molecule has 0 aliphatic rings. The molecule has 3 heterocycles. The lowest BCUT2D eigenvalue weighted by Crippen LogP contribution is -2.37. The van der Waals surface area contributed by atoms with Gasteiger partial charge in [-0.3, -0.25) is 28.1 Å². The predicted molar refractivity (Wildman–Crippen MR) is 112 cm³/mol. The van der Waals surface area contributed by atoms with Crippen LogP contribution in [0.25, 0.3) is 21.9 Å². The van der Waals surface area contributed by atoms with Gasteiger partial charge in [-0.2, -0.15) is 0 Å². The zero-order valence-corrected chi connectivity index (χ0v) is 16.5. The summed E-state index contributed by atoms with van der Waals surface area (Å²) < 4.78 is 3.44. The minimum atomic E-state index is -0.512. The molecular formula is C20H18N6O4. The Morgan fingerprint density at radius 2 is 1.80 bits per heavy atom. The summed E-state index contributed by atoms with van der Waals surface area (Å²) in [4.78, 5) is 57.9. The summed E-state index contributed by atoms with van der Waals surface area (Å²) in [5.41, 5.74) is 0.641. The number of rotatable bonds is 3. The van der Waals surface area contributed by atoms with E-state index in [1.165, 1.54) is 41.8 Å². The van der Waals surface area contributed by atoms with E-state index in [2.05, 4.69) is 15.3 Å². The quantitative estimate of drug-likeness (QED) is 0.522. The van der Waals surface area contributed by atoms with Gasteiger partial charge in [0.1, 0.15) is 12.2 Å². The van der Waals surface area contributed by atoms with E-state index in [0.717, 1.165) is 10.1 Å². The second-order valence-electron chi connectivity index (χ2n) is 7.00. The molecule has 0 spiro atoms. The van der Waals surface area contributed by atoms with Crippen LogP contribution in [-0.2, 0) is 25.4 Å². The van der Waals surface area contributed by atoms with Gasteiger partial charge in [0.25, 0.3) is 11.1 Å². The summed E-state index contributed by atoms with van der Waals surface area (Å²) in [6.45, 7) is 1.61. The number of carbonyl (C=O) groups is 1. The number of pyridine rings is 1. The molecule has 30 heavy (non-hydrogen) atoms. The number of amides is 1. The number of carbonyl (C=O) groups excluding carboxylic acids is 1. The van der Waals surface area contributed by atoms with E-state index in [1.54, 1.807) is 12.1 Å². The van der Waals surface area contributed by atoms with Crippen LogP contribution in [0.3, 0.4) is 0 Å². The minimum Gasteiger partial charge on any atom is -0.323 e. The molecule has 0 aliphatic heterocycles. The highest BCUT2D eigenvalue weighted by Gasteiger charge is 2.13. The Morgan fingerprint density at radius 3 is 2.57 bits per heavy atom. The summed E-state index contributed by atoms with van der Waals surface area (Å²) >= 11 is 0. The molecule has 152 valence electrons. The number of hydrogen-bond acceptors (Lipinski definition) is 6. The Labute approximate surface area is 169 Å². The second kappa shape index (κ2) is 7.07. The SMILES string of the molecule is Cc1cccc2c(=O)n(CC(=O)Nc3cnc4c(c3)c(=O)n(C)c(=O)n4C)cnc12. The van der Waals surface area contributed by atoms with Crippen molar-refractivity contribution in [3.8, 4) is 0 Å². The second-order valence-corrected chi connectivity index (χ2v) is 7.00. The normalized spacial score (nSPS) is 11.2. The van der Waals surface area contributed by atoms with Crippen molar-refractivity contribution < 1.29 is 4.79 Å². The summed E-state index contributed by atoms with van der Waals surface area (Å²) in [6, 6.07) is 6.74. The van der Waals surface area contributed by atoms with Crippen molar-refractivity contribution in [1.82, 2.24) is 23.7 Å². The number of nitrogens with zero attached hydrogens (tertiary/aromatic N) is 5. The highest BCUT2D eigenvalue weighted by Crippen LogP contribution is 2.13. The third-order valence-electron chi connectivity index (χ3n) is 4.95. The van der Waals surface area contributed by atoms with Crippen LogP contribution >= 0.6 is 0 Å². The van der Waals surface area contributed by atoms with Crippen LogP contribution in [-0.4, -0.2) is 29.6 Å². The van der Waals surface area contributed by atoms with Crippen LogP contribution in [0.2, 0.25) is 0 Å². The number of para-hydroxylation sites is 1. The lowest BCUT2D eigenvalue weighted by Gasteiger charge is -2.10. The van der Waals surface area contributed by atoms with Crippen LogP contribution < -0.4 is 22.1 Å². The van der Waals surface area contributed by atoms with Gasteiger partial charge >= 0.3 is 5.69 Å². The molecule has 0 fully saturated rings. The smallest absolute Gasteiger partial charge is 0.323 e. The van der Waals surface area contributed by atoms with Crippen molar-refractivity contribution in [2.75, 3.05) is 5.32 Å². The van der Waals surface area contributed by atoms with Crippen LogP contribution in [0.1, 0.15) is 5.56 Å². The number of anilines is 1. The molecule has 0 bridgehead atoms. The minimum absolute atomic E-state index is 0.192. The molecule has 4 aromatic rings. The van der Waals surface area contributed by atoms with Gasteiger partial charge in [0.15, 0.2) is 0 Å². The third-order valence-corrected chi connectivity index (χ3v) is 4.95. The van der Waals surface area contributed by atoms with Gasteiger partial charge in [-0.05, 0) is 24.6 Å². The molecule has 1 amide bonds. The number of fused-ring (bicyclic) bond motifs is 2. The fourth-order valence-electron chi connectivity index (χ4n) is 3.34. The van der Waals surface area contributed by atoms with E-state index < -0.39 is 17.2 Å². The van der Waals surface area contributed by atoms with Crippen molar-refractivity contribution >= 4 is 33.5 Å². The van der Waals surface area contributed by atoms with E-state index in [4.69, 9.17) is 0 Å². The summed E-state index contributed by atoms with van der Waals surface area (Å²) in [5.74, 6) is -0.478. The van der Waals surface area contributed by atoms with E-state index >= 15 is 0 Å². The van der Waals surface area contributed by atoms with E-state index in [9.17, 15) is 19.2 Å². The first kappa shape index (κ1) is 19.2. The largest absolute Gasteiger partial charge is 0.332 e. The van der Waals surface area contributed by atoms with Gasteiger partial charge in [0.05, 0.1) is 34.5 Å². The van der Waals surface area contributed by atoms with E-state index in [-0.39, 0.29) is 28.8 Å². The molecule has 4 rings (SSSR count). The number of benzene rings is 1. The predicted octanol–water partition coefficient (Wildman–Crippen LogP) is 0.289. The van der Waals surface area contributed by atoms with Gasteiger partial charge in [-0.15, -0.1) is 0 Å². The molecule has 3 aromatic heterocycles. The Morgan fingerprint density at radius 1 is 1.03 bits per heavy atom. The molecule has 0 saturated carbocycles. The maximum atomic E-state index is 12.6. The topological polar surface area (TPSA) is 121 Å². The zero-order chi connectivity index (χ0) is 21.6. The van der Waals surface area contributed by atoms with Crippen molar-refractivity contribution in [2.45, 2.75) is 13.5 Å². The summed E-state index contributed by atoms with van der Waals surface area (Å²) in [6.07, 6.45) is 2.69. The Hall–Kier alpha value is -4.08. The average molecular weight is 406 g/mol. The monoisotopic (exact) mass is 406 g/mol. The fourth-order valence-corrected chi connectivity index (χ4v) is 3.34. The van der Waals surface area contributed by atoms with Crippen molar-refractivity contribution in [3.63, 3.8) is 0 Å². The molecule has 0 aliphatic carbocycles. The van der Waals surface area contributed by atoms with Crippen LogP contribution in [0.5, 0.6) is 0 Å². The molecule has 1 aromatic carbocycles.